The van der Waals surface area contributed by atoms with Crippen molar-refractivity contribution in [3.63, 3.8) is 0 Å². The zero-order chi connectivity index (χ0) is 18.4. The van der Waals surface area contributed by atoms with Gasteiger partial charge in [0, 0.05) is 6.54 Å². The summed E-state index contributed by atoms with van der Waals surface area (Å²) in [6.45, 7) is 5.58. The van der Waals surface area contributed by atoms with E-state index < -0.39 is 12.1 Å². The van der Waals surface area contributed by atoms with Gasteiger partial charge < -0.3 is 24.2 Å². The first-order chi connectivity index (χ1) is 11.9. The number of aliphatic carboxylic acids is 1. The number of amides is 1. The molecule has 1 aromatic rings. The number of hydrogen-bond donors (Lipinski definition) is 1. The fourth-order valence-electron chi connectivity index (χ4n) is 2.65. The number of hydrogen-bond acceptors (Lipinski definition) is 5. The molecule has 1 amide bonds. The highest BCUT2D eigenvalue weighted by atomic mass is 16.5. The van der Waals surface area contributed by atoms with Gasteiger partial charge in [-0.05, 0) is 31.0 Å². The lowest BCUT2D eigenvalue weighted by Crippen LogP contribution is -2.52. The molecule has 0 bridgehead atoms. The Morgan fingerprint density at radius 1 is 1.40 bits per heavy atom. The Kier molecular flexibility index (Phi) is 6.41. The van der Waals surface area contributed by atoms with E-state index in [2.05, 4.69) is 6.58 Å². The Hall–Kier alpha value is -2.54. The van der Waals surface area contributed by atoms with Crippen LogP contribution >= 0.6 is 0 Å². The topological polar surface area (TPSA) is 85.3 Å². The van der Waals surface area contributed by atoms with E-state index in [1.807, 2.05) is 12.1 Å². The van der Waals surface area contributed by atoms with Crippen LogP contribution in [0.1, 0.15) is 12.5 Å². The largest absolute Gasteiger partial charge is 0.493 e. The van der Waals surface area contributed by atoms with Gasteiger partial charge in [0.25, 0.3) is 5.91 Å². The Bertz CT molecular complexity index is 644. The second kappa shape index (κ2) is 8.53. The zero-order valence-electron chi connectivity index (χ0n) is 14.4. The van der Waals surface area contributed by atoms with Crippen LogP contribution in [-0.4, -0.2) is 60.9 Å². The van der Waals surface area contributed by atoms with Crippen LogP contribution in [0.3, 0.4) is 0 Å². The minimum Gasteiger partial charge on any atom is -0.493 e. The maximum absolute atomic E-state index is 12.4. The van der Waals surface area contributed by atoms with Crippen LogP contribution < -0.4 is 9.47 Å². The van der Waals surface area contributed by atoms with Crippen molar-refractivity contribution in [3.8, 4) is 11.5 Å². The van der Waals surface area contributed by atoms with E-state index >= 15 is 0 Å². The third-order valence-electron chi connectivity index (χ3n) is 3.85. The van der Waals surface area contributed by atoms with Crippen LogP contribution in [0.5, 0.6) is 11.5 Å². The van der Waals surface area contributed by atoms with Crippen LogP contribution in [0.2, 0.25) is 0 Å². The first-order valence-corrected chi connectivity index (χ1v) is 8.01. The molecule has 1 saturated heterocycles. The summed E-state index contributed by atoms with van der Waals surface area (Å²) in [5.74, 6) is -0.381. The maximum Gasteiger partial charge on any atom is 0.334 e. The molecule has 1 aliphatic heterocycles. The summed E-state index contributed by atoms with van der Waals surface area (Å²) in [6.07, 6.45) is 1.14. The molecule has 1 N–H and O–H groups in total. The maximum atomic E-state index is 12.4. The number of benzene rings is 1. The average Bonchev–Trinajstić information content (AvgIpc) is 2.59. The highest BCUT2D eigenvalue weighted by molar-refractivity contribution is 5.80. The smallest absolute Gasteiger partial charge is 0.334 e. The monoisotopic (exact) mass is 349 g/mol. The molecule has 1 unspecified atom stereocenters. The Morgan fingerprint density at radius 3 is 2.80 bits per heavy atom. The van der Waals surface area contributed by atoms with Crippen molar-refractivity contribution in [2.45, 2.75) is 25.6 Å². The molecule has 7 nitrogen and oxygen atoms in total. The Morgan fingerprint density at radius 2 is 2.16 bits per heavy atom. The SMILES string of the molecule is C=CCc1ccc(OCC(=O)N2CC(C(=O)O)O[C@H](C)C2)c(OC)c1. The van der Waals surface area contributed by atoms with Gasteiger partial charge in [0.05, 0.1) is 19.8 Å². The van der Waals surface area contributed by atoms with E-state index in [0.717, 1.165) is 5.56 Å². The van der Waals surface area contributed by atoms with E-state index in [1.165, 1.54) is 12.0 Å². The summed E-state index contributed by atoms with van der Waals surface area (Å²) < 4.78 is 16.2. The Balaban J connectivity index is 1.99. The molecule has 25 heavy (non-hydrogen) atoms. The van der Waals surface area contributed by atoms with Crippen molar-refractivity contribution in [2.24, 2.45) is 0 Å². The molecule has 0 spiro atoms. The summed E-state index contributed by atoms with van der Waals surface area (Å²) in [5.41, 5.74) is 1.02. The van der Waals surface area contributed by atoms with Crippen LogP contribution in [0.4, 0.5) is 0 Å². The molecule has 1 aliphatic rings. The predicted molar refractivity (Wildman–Crippen MR) is 90.9 cm³/mol. The third-order valence-corrected chi connectivity index (χ3v) is 3.85. The van der Waals surface area contributed by atoms with Gasteiger partial charge in [-0.2, -0.15) is 0 Å². The predicted octanol–water partition coefficient (Wildman–Crippen LogP) is 1.50. The minimum absolute atomic E-state index is 0.0112. The van der Waals surface area contributed by atoms with Gasteiger partial charge in [-0.25, -0.2) is 4.79 Å². The summed E-state index contributed by atoms with van der Waals surface area (Å²) in [6, 6.07) is 5.45. The van der Waals surface area contributed by atoms with E-state index in [4.69, 9.17) is 19.3 Å². The number of rotatable bonds is 7. The molecule has 7 heteroatoms. The number of carboxylic acid groups (broad SMARTS) is 1. The quantitative estimate of drug-likeness (QED) is 0.751. The molecule has 1 aromatic carbocycles. The zero-order valence-corrected chi connectivity index (χ0v) is 14.4. The summed E-state index contributed by atoms with van der Waals surface area (Å²) in [7, 11) is 1.53. The second-order valence-corrected chi connectivity index (χ2v) is 5.84. The number of nitrogens with zero attached hydrogens (tertiary/aromatic N) is 1. The normalized spacial score (nSPS) is 20.0. The fourth-order valence-corrected chi connectivity index (χ4v) is 2.65. The number of carbonyl (C=O) groups excluding carboxylic acids is 1. The molecule has 0 aliphatic carbocycles. The molecule has 1 heterocycles. The summed E-state index contributed by atoms with van der Waals surface area (Å²) in [5, 5.41) is 9.08. The van der Waals surface area contributed by atoms with Crippen LogP contribution in [0.25, 0.3) is 0 Å². The van der Waals surface area contributed by atoms with E-state index in [1.54, 1.807) is 19.1 Å². The number of ether oxygens (including phenoxy) is 3. The lowest BCUT2D eigenvalue weighted by atomic mass is 10.1. The van der Waals surface area contributed by atoms with Crippen molar-refractivity contribution in [3.05, 3.63) is 36.4 Å². The number of carbonyl (C=O) groups is 2. The molecule has 0 saturated carbocycles. The molecule has 0 aromatic heterocycles. The van der Waals surface area contributed by atoms with Gasteiger partial charge >= 0.3 is 5.97 Å². The minimum atomic E-state index is -1.08. The van der Waals surface area contributed by atoms with E-state index in [9.17, 15) is 9.59 Å². The Labute approximate surface area is 146 Å². The van der Waals surface area contributed by atoms with Gasteiger partial charge in [0.15, 0.2) is 24.2 Å². The highest BCUT2D eigenvalue weighted by Crippen LogP contribution is 2.28. The van der Waals surface area contributed by atoms with Crippen molar-refractivity contribution < 1.29 is 28.9 Å². The molecule has 136 valence electrons. The van der Waals surface area contributed by atoms with E-state index in [-0.39, 0.29) is 25.2 Å². The molecule has 1 fully saturated rings. The third kappa shape index (κ3) is 4.96. The molecule has 2 rings (SSSR count). The second-order valence-electron chi connectivity index (χ2n) is 5.84. The first kappa shape index (κ1) is 18.8. The first-order valence-electron chi connectivity index (χ1n) is 8.01. The van der Waals surface area contributed by atoms with Crippen LogP contribution in [0.15, 0.2) is 30.9 Å². The molecular weight excluding hydrogens is 326 g/mol. The van der Waals surface area contributed by atoms with Gasteiger partial charge in [-0.3, -0.25) is 4.79 Å². The number of morpholine rings is 1. The van der Waals surface area contributed by atoms with Crippen LogP contribution in [-0.2, 0) is 20.7 Å². The fraction of sp³-hybridized carbons (Fsp3) is 0.444. The van der Waals surface area contributed by atoms with Crippen molar-refractivity contribution in [1.82, 2.24) is 4.90 Å². The van der Waals surface area contributed by atoms with Crippen molar-refractivity contribution in [1.29, 1.82) is 0 Å². The molecule has 2 atom stereocenters. The lowest BCUT2D eigenvalue weighted by Gasteiger charge is -2.34. The number of allylic oxidation sites excluding steroid dienone is 1. The highest BCUT2D eigenvalue weighted by Gasteiger charge is 2.32. The van der Waals surface area contributed by atoms with Crippen molar-refractivity contribution in [2.75, 3.05) is 26.8 Å². The van der Waals surface area contributed by atoms with Crippen molar-refractivity contribution >= 4 is 11.9 Å². The van der Waals surface area contributed by atoms with Gasteiger partial charge in [-0.1, -0.05) is 12.1 Å². The molecule has 0 radical (unpaired) electrons. The van der Waals surface area contributed by atoms with Crippen LogP contribution in [0, 0.1) is 0 Å². The molecular formula is C18H23NO6. The van der Waals surface area contributed by atoms with Gasteiger partial charge in [-0.15, -0.1) is 6.58 Å². The number of methoxy groups -OCH3 is 1. The van der Waals surface area contributed by atoms with E-state index in [0.29, 0.717) is 24.5 Å². The summed E-state index contributed by atoms with van der Waals surface area (Å²) >= 11 is 0. The van der Waals surface area contributed by atoms with Gasteiger partial charge in [0.1, 0.15) is 0 Å². The average molecular weight is 349 g/mol. The summed E-state index contributed by atoms with van der Waals surface area (Å²) in [4.78, 5) is 24.9. The lowest BCUT2D eigenvalue weighted by molar-refractivity contribution is -0.167. The standard InChI is InChI=1S/C18H23NO6/c1-4-5-13-6-7-14(15(8-13)23-3)24-11-17(20)19-9-12(2)25-16(10-19)18(21)22/h4,6-8,12,16H,1,5,9-11H2,2-3H3,(H,21,22)/t12-,16?/m1/s1. The van der Waals surface area contributed by atoms with Gasteiger partial charge in [0.2, 0.25) is 0 Å². The number of carboxylic acids is 1.